The molecule has 0 bridgehead atoms. The van der Waals surface area contributed by atoms with Crippen LogP contribution < -0.4 is 10.5 Å². The van der Waals surface area contributed by atoms with Crippen LogP contribution in [0.5, 0.6) is 5.75 Å². The summed E-state index contributed by atoms with van der Waals surface area (Å²) >= 11 is 0. The second kappa shape index (κ2) is 6.75. The second-order valence-corrected chi connectivity index (χ2v) is 5.88. The molecule has 1 aliphatic rings. The minimum Gasteiger partial charge on any atom is -0.493 e. The molecular weight excluding hydrogens is 280 g/mol. The maximum absolute atomic E-state index is 10.8. The Labute approximate surface area is 130 Å². The molecule has 22 heavy (non-hydrogen) atoms. The monoisotopic (exact) mass is 302 g/mol. The highest BCUT2D eigenvalue weighted by molar-refractivity contribution is 5.44. The molecule has 2 N–H and O–H groups in total. The third kappa shape index (κ3) is 4.18. The zero-order chi connectivity index (χ0) is 16.2. The van der Waals surface area contributed by atoms with Crippen LogP contribution in [-0.4, -0.2) is 17.1 Å². The summed E-state index contributed by atoms with van der Waals surface area (Å²) < 4.78 is 5.70. The molecule has 0 fully saturated rings. The predicted octanol–water partition coefficient (Wildman–Crippen LogP) is 3.67. The van der Waals surface area contributed by atoms with Gasteiger partial charge in [-0.15, -0.1) is 0 Å². The van der Waals surface area contributed by atoms with Crippen LogP contribution in [0.25, 0.3) is 0 Å². The standard InChI is InChI=1S/C17H22N2O3/c1-13-4-3-8-17(18,9-7-13)10-11-22-15-5-6-16(19(20)21)14(2)12-15/h5-7,9,12H,1,3-4,8,10-11,18H2,2H3. The van der Waals surface area contributed by atoms with Crippen molar-refractivity contribution in [3.63, 3.8) is 0 Å². The molecular formula is C17H22N2O3. The Morgan fingerprint density at radius 3 is 2.95 bits per heavy atom. The smallest absolute Gasteiger partial charge is 0.272 e. The average Bonchev–Trinajstić information content (AvgIpc) is 2.61. The number of aryl methyl sites for hydroxylation is 1. The quantitative estimate of drug-likeness (QED) is 0.665. The van der Waals surface area contributed by atoms with Gasteiger partial charge < -0.3 is 10.5 Å². The molecule has 1 aliphatic carbocycles. The molecule has 0 heterocycles. The van der Waals surface area contributed by atoms with E-state index in [-0.39, 0.29) is 11.2 Å². The number of nitrogens with zero attached hydrogens (tertiary/aromatic N) is 1. The highest BCUT2D eigenvalue weighted by Crippen LogP contribution is 2.26. The highest BCUT2D eigenvalue weighted by Gasteiger charge is 2.23. The highest BCUT2D eigenvalue weighted by atomic mass is 16.6. The van der Waals surface area contributed by atoms with Crippen LogP contribution in [0.2, 0.25) is 0 Å². The Kier molecular flexibility index (Phi) is 4.98. The second-order valence-electron chi connectivity index (χ2n) is 5.88. The number of hydrogen-bond acceptors (Lipinski definition) is 4. The van der Waals surface area contributed by atoms with Gasteiger partial charge in [0.25, 0.3) is 5.69 Å². The fourth-order valence-corrected chi connectivity index (χ4v) is 2.58. The third-order valence-electron chi connectivity index (χ3n) is 3.99. The minimum absolute atomic E-state index is 0.104. The molecule has 1 aromatic rings. The van der Waals surface area contributed by atoms with Crippen LogP contribution in [0.15, 0.2) is 42.5 Å². The van der Waals surface area contributed by atoms with Gasteiger partial charge in [0.15, 0.2) is 0 Å². The van der Waals surface area contributed by atoms with Crippen LogP contribution in [0.1, 0.15) is 31.2 Å². The zero-order valence-corrected chi connectivity index (χ0v) is 12.9. The van der Waals surface area contributed by atoms with Crippen LogP contribution in [0.4, 0.5) is 5.69 Å². The Morgan fingerprint density at radius 2 is 2.27 bits per heavy atom. The van der Waals surface area contributed by atoms with Crippen molar-refractivity contribution in [1.82, 2.24) is 0 Å². The number of allylic oxidation sites excluding steroid dienone is 2. The van der Waals surface area contributed by atoms with E-state index in [4.69, 9.17) is 10.5 Å². The van der Waals surface area contributed by atoms with E-state index in [0.717, 1.165) is 24.8 Å². The van der Waals surface area contributed by atoms with Crippen molar-refractivity contribution in [2.75, 3.05) is 6.61 Å². The summed E-state index contributed by atoms with van der Waals surface area (Å²) in [6.07, 6.45) is 7.64. The number of benzene rings is 1. The normalized spacial score (nSPS) is 21.5. The van der Waals surface area contributed by atoms with Gasteiger partial charge in [-0.2, -0.15) is 0 Å². The van der Waals surface area contributed by atoms with Gasteiger partial charge in [-0.1, -0.05) is 24.3 Å². The number of rotatable bonds is 5. The first-order chi connectivity index (χ1) is 10.4. The number of ether oxygens (including phenoxy) is 1. The largest absolute Gasteiger partial charge is 0.493 e. The van der Waals surface area contributed by atoms with Crippen LogP contribution in [0, 0.1) is 17.0 Å². The van der Waals surface area contributed by atoms with Gasteiger partial charge in [-0.05, 0) is 38.3 Å². The van der Waals surface area contributed by atoms with Crippen LogP contribution >= 0.6 is 0 Å². The van der Waals surface area contributed by atoms with Crippen LogP contribution in [-0.2, 0) is 0 Å². The average molecular weight is 302 g/mol. The van der Waals surface area contributed by atoms with Crippen molar-refractivity contribution >= 4 is 5.69 Å². The fourth-order valence-electron chi connectivity index (χ4n) is 2.58. The summed E-state index contributed by atoms with van der Waals surface area (Å²) in [6, 6.07) is 4.78. The van der Waals surface area contributed by atoms with E-state index in [0.29, 0.717) is 24.3 Å². The molecule has 0 saturated carbocycles. The lowest BCUT2D eigenvalue weighted by atomic mass is 9.92. The van der Waals surface area contributed by atoms with Gasteiger partial charge in [0.1, 0.15) is 5.75 Å². The van der Waals surface area contributed by atoms with E-state index in [1.807, 2.05) is 12.2 Å². The first-order valence-electron chi connectivity index (χ1n) is 7.43. The zero-order valence-electron chi connectivity index (χ0n) is 12.9. The number of nitro benzene ring substituents is 1. The lowest BCUT2D eigenvalue weighted by Crippen LogP contribution is -2.38. The Bertz CT molecular complexity index is 610. The molecule has 118 valence electrons. The third-order valence-corrected chi connectivity index (χ3v) is 3.99. The molecule has 0 saturated heterocycles. The van der Waals surface area contributed by atoms with E-state index in [1.54, 1.807) is 19.1 Å². The molecule has 5 nitrogen and oxygen atoms in total. The fraction of sp³-hybridized carbons (Fsp3) is 0.412. The molecule has 2 rings (SSSR count). The first kappa shape index (κ1) is 16.2. The maximum atomic E-state index is 10.8. The van der Waals surface area contributed by atoms with Crippen LogP contribution in [0.3, 0.4) is 0 Å². The summed E-state index contributed by atoms with van der Waals surface area (Å²) in [5.41, 5.74) is 7.82. The van der Waals surface area contributed by atoms with Crippen molar-refractivity contribution in [3.8, 4) is 5.75 Å². The molecule has 0 spiro atoms. The summed E-state index contributed by atoms with van der Waals surface area (Å²) in [7, 11) is 0. The van der Waals surface area contributed by atoms with E-state index in [9.17, 15) is 10.1 Å². The number of nitrogens with two attached hydrogens (primary N) is 1. The van der Waals surface area contributed by atoms with Crippen molar-refractivity contribution in [2.45, 2.75) is 38.1 Å². The van der Waals surface area contributed by atoms with Gasteiger partial charge >= 0.3 is 0 Å². The Balaban J connectivity index is 1.93. The van der Waals surface area contributed by atoms with E-state index in [1.165, 1.54) is 6.07 Å². The van der Waals surface area contributed by atoms with Gasteiger partial charge in [0.2, 0.25) is 0 Å². The summed E-state index contributed by atoms with van der Waals surface area (Å²) in [4.78, 5) is 10.4. The first-order valence-corrected chi connectivity index (χ1v) is 7.43. The predicted molar refractivity (Wildman–Crippen MR) is 87.0 cm³/mol. The molecule has 1 aromatic carbocycles. The summed E-state index contributed by atoms with van der Waals surface area (Å²) in [5, 5.41) is 10.8. The molecule has 1 atom stereocenters. The molecule has 0 aromatic heterocycles. The Hall–Kier alpha value is -2.14. The van der Waals surface area contributed by atoms with Gasteiger partial charge in [-0.3, -0.25) is 10.1 Å². The van der Waals surface area contributed by atoms with E-state index in [2.05, 4.69) is 6.58 Å². The Morgan fingerprint density at radius 1 is 1.50 bits per heavy atom. The molecule has 1 unspecified atom stereocenters. The van der Waals surface area contributed by atoms with Gasteiger partial charge in [0, 0.05) is 23.6 Å². The van der Waals surface area contributed by atoms with Gasteiger partial charge in [-0.25, -0.2) is 0 Å². The number of hydrogen-bond donors (Lipinski definition) is 1. The summed E-state index contributed by atoms with van der Waals surface area (Å²) in [5.74, 6) is 0.633. The maximum Gasteiger partial charge on any atom is 0.272 e. The van der Waals surface area contributed by atoms with Crippen molar-refractivity contribution in [1.29, 1.82) is 0 Å². The SMILES string of the molecule is C=C1C=CC(N)(CCOc2ccc([N+](=O)[O-])c(C)c2)CCC1. The minimum atomic E-state index is -0.392. The van der Waals surface area contributed by atoms with Crippen molar-refractivity contribution < 1.29 is 9.66 Å². The molecule has 5 heteroatoms. The van der Waals surface area contributed by atoms with E-state index < -0.39 is 4.92 Å². The lowest BCUT2D eigenvalue weighted by Gasteiger charge is -2.24. The van der Waals surface area contributed by atoms with Crippen molar-refractivity contribution in [3.05, 3.63) is 58.2 Å². The molecule has 0 radical (unpaired) electrons. The van der Waals surface area contributed by atoms with E-state index >= 15 is 0 Å². The topological polar surface area (TPSA) is 78.4 Å². The molecule has 0 aliphatic heterocycles. The van der Waals surface area contributed by atoms with Crippen molar-refractivity contribution in [2.24, 2.45) is 5.73 Å². The van der Waals surface area contributed by atoms with Gasteiger partial charge in [0.05, 0.1) is 11.5 Å². The number of nitro groups is 1. The molecule has 0 amide bonds. The summed E-state index contributed by atoms with van der Waals surface area (Å²) in [6.45, 7) is 6.15. The lowest BCUT2D eigenvalue weighted by molar-refractivity contribution is -0.385.